The van der Waals surface area contributed by atoms with E-state index < -0.39 is 40.6 Å². The van der Waals surface area contributed by atoms with E-state index in [-0.39, 0.29) is 22.5 Å². The lowest BCUT2D eigenvalue weighted by Gasteiger charge is -2.13. The van der Waals surface area contributed by atoms with E-state index in [9.17, 15) is 31.1 Å². The number of hydrogen-bond acceptors (Lipinski definition) is 3. The molecule has 154 valence electrons. The zero-order chi connectivity index (χ0) is 21.6. The fourth-order valence-electron chi connectivity index (χ4n) is 2.54. The van der Waals surface area contributed by atoms with Crippen molar-refractivity contribution in [1.29, 1.82) is 0 Å². The molecule has 0 fully saturated rings. The summed E-state index contributed by atoms with van der Waals surface area (Å²) >= 11 is 5.88. The zero-order valence-corrected chi connectivity index (χ0v) is 15.1. The molecular weight excluding hydrogens is 428 g/mol. The van der Waals surface area contributed by atoms with Gasteiger partial charge in [-0.2, -0.15) is 31.0 Å². The predicted octanol–water partition coefficient (Wildman–Crippen LogP) is 4.93. The molecule has 1 heterocycles. The number of nitrogens with zero attached hydrogens (tertiary/aromatic N) is 2. The summed E-state index contributed by atoms with van der Waals surface area (Å²) in [5.41, 5.74) is -4.48. The summed E-state index contributed by atoms with van der Waals surface area (Å²) in [5, 5.41) is 4.03. The predicted molar refractivity (Wildman–Crippen MR) is 91.2 cm³/mol. The van der Waals surface area contributed by atoms with Gasteiger partial charge in [-0.3, -0.25) is 4.98 Å². The van der Waals surface area contributed by atoms with Gasteiger partial charge in [0.1, 0.15) is 11.4 Å². The number of nitrogens with one attached hydrogen (secondary N) is 1. The van der Waals surface area contributed by atoms with Crippen LogP contribution in [-0.2, 0) is 12.4 Å². The number of rotatable bonds is 3. The van der Waals surface area contributed by atoms with Crippen LogP contribution >= 0.6 is 11.6 Å². The molecule has 29 heavy (non-hydrogen) atoms. The molecule has 0 radical (unpaired) electrons. The molecule has 1 N–H and O–H groups in total. The summed E-state index contributed by atoms with van der Waals surface area (Å²) in [6.07, 6.45) is -10.1. The monoisotopic (exact) mass is 437 g/mol. The number of alkyl halides is 6. The molecule has 0 atom stereocenters. The highest BCUT2D eigenvalue weighted by Gasteiger charge is 2.37. The van der Waals surface area contributed by atoms with Crippen molar-refractivity contribution >= 4 is 11.6 Å². The van der Waals surface area contributed by atoms with Gasteiger partial charge in [-0.1, -0.05) is 11.6 Å². The van der Waals surface area contributed by atoms with Crippen molar-refractivity contribution in [3.8, 4) is 22.8 Å². The Morgan fingerprint density at radius 3 is 2.10 bits per heavy atom. The van der Waals surface area contributed by atoms with E-state index in [1.165, 1.54) is 25.3 Å². The van der Waals surface area contributed by atoms with Gasteiger partial charge in [-0.15, -0.1) is 5.10 Å². The maximum atomic E-state index is 13.0. The fourth-order valence-corrected chi connectivity index (χ4v) is 2.70. The molecule has 3 rings (SSSR count). The van der Waals surface area contributed by atoms with Crippen molar-refractivity contribution in [2.75, 3.05) is 7.11 Å². The minimum absolute atomic E-state index is 0.0153. The highest BCUT2D eigenvalue weighted by Crippen LogP contribution is 2.38. The van der Waals surface area contributed by atoms with Crippen LogP contribution in [0.5, 0.6) is 5.75 Å². The standard InChI is InChI=1S/C17H10ClF6N3O2/c1-29-13-3-2-11(18)7-12(13)27-15(28)25-14(26-27)8-4-9(16(19,20)21)6-10(5-8)17(22,23)24/h2-7H,1H3,(H,25,26,28). The summed E-state index contributed by atoms with van der Waals surface area (Å²) in [4.78, 5) is 14.4. The summed E-state index contributed by atoms with van der Waals surface area (Å²) in [6, 6.07) is 5.10. The first-order valence-electron chi connectivity index (χ1n) is 7.73. The second kappa shape index (κ2) is 7.14. The Labute approximate surface area is 163 Å². The largest absolute Gasteiger partial charge is 0.494 e. The van der Waals surface area contributed by atoms with Crippen LogP contribution in [0.2, 0.25) is 5.02 Å². The highest BCUT2D eigenvalue weighted by molar-refractivity contribution is 6.30. The lowest BCUT2D eigenvalue weighted by atomic mass is 10.0. The molecule has 0 spiro atoms. The minimum Gasteiger partial charge on any atom is -0.494 e. The summed E-state index contributed by atoms with van der Waals surface area (Å²) < 4.78 is 84.1. The number of aromatic nitrogens is 3. The van der Waals surface area contributed by atoms with Gasteiger partial charge < -0.3 is 4.74 Å². The van der Waals surface area contributed by atoms with Gasteiger partial charge in [0, 0.05) is 10.6 Å². The van der Waals surface area contributed by atoms with E-state index >= 15 is 0 Å². The first kappa shape index (κ1) is 20.8. The molecule has 0 unspecified atom stereocenters. The first-order chi connectivity index (χ1) is 13.4. The normalized spacial score (nSPS) is 12.3. The van der Waals surface area contributed by atoms with Gasteiger partial charge >= 0.3 is 18.0 Å². The van der Waals surface area contributed by atoms with Crippen molar-refractivity contribution in [2.24, 2.45) is 0 Å². The molecular formula is C17H10ClF6N3O2. The lowest BCUT2D eigenvalue weighted by molar-refractivity contribution is -0.143. The van der Waals surface area contributed by atoms with Crippen LogP contribution in [0, 0.1) is 0 Å². The Morgan fingerprint density at radius 1 is 1.00 bits per heavy atom. The molecule has 2 aromatic carbocycles. The molecule has 0 aliphatic heterocycles. The van der Waals surface area contributed by atoms with Crippen LogP contribution in [0.4, 0.5) is 26.3 Å². The van der Waals surface area contributed by atoms with E-state index in [0.29, 0.717) is 12.1 Å². The van der Waals surface area contributed by atoms with Crippen molar-refractivity contribution in [3.05, 3.63) is 63.0 Å². The molecule has 0 saturated heterocycles. The van der Waals surface area contributed by atoms with Gasteiger partial charge in [0.25, 0.3) is 0 Å². The quantitative estimate of drug-likeness (QED) is 0.591. The molecule has 0 aliphatic carbocycles. The summed E-state index contributed by atoms with van der Waals surface area (Å²) in [5.74, 6) is -0.330. The van der Waals surface area contributed by atoms with Crippen molar-refractivity contribution in [3.63, 3.8) is 0 Å². The molecule has 0 bridgehead atoms. The number of benzene rings is 2. The second-order valence-electron chi connectivity index (χ2n) is 5.80. The molecule has 3 aromatic rings. The molecule has 0 aliphatic rings. The molecule has 1 aromatic heterocycles. The Kier molecular flexibility index (Phi) is 5.11. The van der Waals surface area contributed by atoms with E-state index in [0.717, 1.165) is 4.68 Å². The SMILES string of the molecule is COc1ccc(Cl)cc1-n1nc(-c2cc(C(F)(F)F)cc(C(F)(F)F)c2)[nH]c1=O. The topological polar surface area (TPSA) is 59.9 Å². The number of ether oxygens (including phenoxy) is 1. The van der Waals surface area contributed by atoms with E-state index in [1.807, 2.05) is 0 Å². The van der Waals surface area contributed by atoms with E-state index in [2.05, 4.69) is 10.1 Å². The van der Waals surface area contributed by atoms with Crippen LogP contribution in [0.3, 0.4) is 0 Å². The molecule has 12 heteroatoms. The maximum Gasteiger partial charge on any atom is 0.416 e. The van der Waals surface area contributed by atoms with Crippen LogP contribution in [-0.4, -0.2) is 21.9 Å². The number of aromatic amines is 1. The van der Waals surface area contributed by atoms with Gasteiger partial charge in [-0.25, -0.2) is 4.79 Å². The zero-order valence-electron chi connectivity index (χ0n) is 14.3. The van der Waals surface area contributed by atoms with Gasteiger partial charge in [0.05, 0.1) is 18.2 Å². The maximum absolute atomic E-state index is 13.0. The van der Waals surface area contributed by atoms with Crippen LogP contribution in [0.15, 0.2) is 41.2 Å². The van der Waals surface area contributed by atoms with Crippen LogP contribution in [0.25, 0.3) is 17.1 Å². The smallest absolute Gasteiger partial charge is 0.416 e. The minimum atomic E-state index is -5.03. The Hall–Kier alpha value is -2.95. The Morgan fingerprint density at radius 2 is 1.59 bits per heavy atom. The average Bonchev–Trinajstić information content (AvgIpc) is 3.01. The second-order valence-corrected chi connectivity index (χ2v) is 6.24. The fraction of sp³-hybridized carbons (Fsp3) is 0.176. The number of hydrogen-bond donors (Lipinski definition) is 1. The third-order valence-electron chi connectivity index (χ3n) is 3.85. The van der Waals surface area contributed by atoms with Crippen molar-refractivity contribution < 1.29 is 31.1 Å². The number of halogens is 7. The molecule has 0 amide bonds. The number of H-pyrrole nitrogens is 1. The lowest BCUT2D eigenvalue weighted by Crippen LogP contribution is -2.16. The van der Waals surface area contributed by atoms with Gasteiger partial charge in [0.2, 0.25) is 0 Å². The van der Waals surface area contributed by atoms with Gasteiger partial charge in [-0.05, 0) is 36.4 Å². The van der Waals surface area contributed by atoms with Crippen molar-refractivity contribution in [1.82, 2.24) is 14.8 Å². The van der Waals surface area contributed by atoms with Crippen molar-refractivity contribution in [2.45, 2.75) is 12.4 Å². The Balaban J connectivity index is 2.20. The highest BCUT2D eigenvalue weighted by atomic mass is 35.5. The summed E-state index contributed by atoms with van der Waals surface area (Å²) in [6.45, 7) is 0. The third kappa shape index (κ3) is 4.24. The van der Waals surface area contributed by atoms with E-state index in [1.54, 1.807) is 0 Å². The van der Waals surface area contributed by atoms with E-state index in [4.69, 9.17) is 16.3 Å². The third-order valence-corrected chi connectivity index (χ3v) is 4.08. The average molecular weight is 438 g/mol. The van der Waals surface area contributed by atoms with Crippen LogP contribution < -0.4 is 10.4 Å². The first-order valence-corrected chi connectivity index (χ1v) is 8.11. The molecule has 5 nitrogen and oxygen atoms in total. The van der Waals surface area contributed by atoms with Crippen LogP contribution in [0.1, 0.15) is 11.1 Å². The molecule has 0 saturated carbocycles. The van der Waals surface area contributed by atoms with Gasteiger partial charge in [0.15, 0.2) is 5.82 Å². The Bertz CT molecular complexity index is 1090. The number of methoxy groups -OCH3 is 1. The summed E-state index contributed by atoms with van der Waals surface area (Å²) in [7, 11) is 1.30.